The van der Waals surface area contributed by atoms with Gasteiger partial charge in [0.1, 0.15) is 0 Å². The first kappa shape index (κ1) is 15.8. The maximum Gasteiger partial charge on any atom is 0.391 e. The number of aromatic nitrogens is 1. The number of fused-ring (bicyclic) bond motifs is 1. The summed E-state index contributed by atoms with van der Waals surface area (Å²) in [4.78, 5) is 4.21. The van der Waals surface area contributed by atoms with Gasteiger partial charge in [0, 0.05) is 18.0 Å². The molecule has 1 heterocycles. The van der Waals surface area contributed by atoms with Crippen LogP contribution in [0.5, 0.6) is 0 Å². The van der Waals surface area contributed by atoms with Gasteiger partial charge in [-0.15, -0.1) is 0 Å². The van der Waals surface area contributed by atoms with Gasteiger partial charge in [0.05, 0.1) is 17.0 Å². The summed E-state index contributed by atoms with van der Waals surface area (Å²) in [5, 5.41) is 11.2. The summed E-state index contributed by atoms with van der Waals surface area (Å²) in [5.41, 5.74) is 0.161. The van der Waals surface area contributed by atoms with Crippen molar-refractivity contribution >= 4 is 10.9 Å². The van der Waals surface area contributed by atoms with Crippen LogP contribution in [0.4, 0.5) is 13.2 Å². The number of para-hydroxylation sites is 1. The third-order valence-corrected chi connectivity index (χ3v) is 3.62. The smallest absolute Gasteiger partial charge is 0.390 e. The molecule has 2 unspecified atom stereocenters. The molecule has 0 aliphatic carbocycles. The van der Waals surface area contributed by atoms with Crippen molar-refractivity contribution in [3.05, 3.63) is 42.1 Å². The summed E-state index contributed by atoms with van der Waals surface area (Å²) in [6.07, 6.45) is -2.84. The van der Waals surface area contributed by atoms with Crippen LogP contribution in [0.2, 0.25) is 0 Å². The Kier molecular flexibility index (Phi) is 4.23. The standard InChI is InChI=1S/C16H18F3NO/c1-11(16(17,18)19)9-15(2,21)10-12-7-8-20-14-6-4-3-5-13(12)14/h3-8,11,21H,9-10H2,1-2H3. The van der Waals surface area contributed by atoms with Crippen LogP contribution in [0.15, 0.2) is 36.5 Å². The summed E-state index contributed by atoms with van der Waals surface area (Å²) in [6, 6.07) is 9.14. The lowest BCUT2D eigenvalue weighted by molar-refractivity contribution is -0.182. The molecule has 0 bridgehead atoms. The highest BCUT2D eigenvalue weighted by molar-refractivity contribution is 5.81. The zero-order valence-corrected chi connectivity index (χ0v) is 12.0. The molecule has 2 rings (SSSR count). The molecular formula is C16H18F3NO. The van der Waals surface area contributed by atoms with E-state index in [1.54, 1.807) is 12.3 Å². The Labute approximate surface area is 121 Å². The number of halogens is 3. The lowest BCUT2D eigenvalue weighted by Gasteiger charge is -2.28. The van der Waals surface area contributed by atoms with Crippen molar-refractivity contribution < 1.29 is 18.3 Å². The Morgan fingerprint density at radius 1 is 1.19 bits per heavy atom. The molecule has 2 nitrogen and oxygen atoms in total. The minimum Gasteiger partial charge on any atom is -0.390 e. The third kappa shape index (κ3) is 3.94. The van der Waals surface area contributed by atoms with E-state index in [9.17, 15) is 18.3 Å². The Bertz CT molecular complexity index is 617. The molecular weight excluding hydrogens is 279 g/mol. The van der Waals surface area contributed by atoms with Crippen molar-refractivity contribution in [2.45, 2.75) is 38.5 Å². The van der Waals surface area contributed by atoms with Crippen molar-refractivity contribution in [2.75, 3.05) is 0 Å². The minimum absolute atomic E-state index is 0.163. The van der Waals surface area contributed by atoms with Crippen molar-refractivity contribution in [3.8, 4) is 0 Å². The number of benzene rings is 1. The SMILES string of the molecule is CC(CC(C)(O)Cc1ccnc2ccccc12)C(F)(F)F. The van der Waals surface area contributed by atoms with Gasteiger partial charge in [-0.05, 0) is 31.0 Å². The van der Waals surface area contributed by atoms with Gasteiger partial charge >= 0.3 is 6.18 Å². The second-order valence-corrected chi connectivity index (χ2v) is 5.81. The zero-order valence-electron chi connectivity index (χ0n) is 12.0. The van der Waals surface area contributed by atoms with Crippen LogP contribution < -0.4 is 0 Å². The lowest BCUT2D eigenvalue weighted by Crippen LogP contribution is -2.34. The molecule has 0 spiro atoms. The number of rotatable bonds is 4. The fourth-order valence-corrected chi connectivity index (χ4v) is 2.57. The quantitative estimate of drug-likeness (QED) is 0.921. The van der Waals surface area contributed by atoms with Gasteiger partial charge in [-0.2, -0.15) is 13.2 Å². The van der Waals surface area contributed by atoms with Crippen LogP contribution in [-0.2, 0) is 6.42 Å². The van der Waals surface area contributed by atoms with E-state index in [0.29, 0.717) is 0 Å². The molecule has 0 radical (unpaired) electrons. The number of alkyl halides is 3. The maximum absolute atomic E-state index is 12.7. The minimum atomic E-state index is -4.29. The molecule has 0 aliphatic heterocycles. The van der Waals surface area contributed by atoms with Crippen LogP contribution in [0.3, 0.4) is 0 Å². The van der Waals surface area contributed by atoms with Gasteiger partial charge in [-0.3, -0.25) is 4.98 Å². The van der Waals surface area contributed by atoms with E-state index in [4.69, 9.17) is 0 Å². The molecule has 1 aromatic heterocycles. The van der Waals surface area contributed by atoms with Gasteiger partial charge in [-0.25, -0.2) is 0 Å². The molecule has 21 heavy (non-hydrogen) atoms. The van der Waals surface area contributed by atoms with E-state index < -0.39 is 17.7 Å². The maximum atomic E-state index is 12.7. The molecule has 1 N–H and O–H groups in total. The summed E-state index contributed by atoms with van der Waals surface area (Å²) in [7, 11) is 0. The van der Waals surface area contributed by atoms with E-state index in [-0.39, 0.29) is 12.8 Å². The number of nitrogens with zero attached hydrogens (tertiary/aromatic N) is 1. The highest BCUT2D eigenvalue weighted by Gasteiger charge is 2.40. The fraction of sp³-hybridized carbons (Fsp3) is 0.438. The Morgan fingerprint density at radius 2 is 1.86 bits per heavy atom. The first-order valence-electron chi connectivity index (χ1n) is 6.81. The highest BCUT2D eigenvalue weighted by Crippen LogP contribution is 2.34. The number of aliphatic hydroxyl groups is 1. The topological polar surface area (TPSA) is 33.1 Å². The van der Waals surface area contributed by atoms with E-state index >= 15 is 0 Å². The zero-order chi connectivity index (χ0) is 15.7. The van der Waals surface area contributed by atoms with Crippen molar-refractivity contribution in [3.63, 3.8) is 0 Å². The molecule has 0 fully saturated rings. The first-order valence-corrected chi connectivity index (χ1v) is 6.81. The molecule has 2 aromatic rings. The van der Waals surface area contributed by atoms with Gasteiger partial charge in [0.25, 0.3) is 0 Å². The van der Waals surface area contributed by atoms with Crippen LogP contribution >= 0.6 is 0 Å². The molecule has 0 aliphatic rings. The van der Waals surface area contributed by atoms with Gasteiger partial charge in [-0.1, -0.05) is 25.1 Å². The van der Waals surface area contributed by atoms with Crippen LogP contribution in [0.1, 0.15) is 25.8 Å². The average molecular weight is 297 g/mol. The average Bonchev–Trinajstić information content (AvgIpc) is 2.37. The lowest BCUT2D eigenvalue weighted by atomic mass is 9.86. The number of hydrogen-bond donors (Lipinski definition) is 1. The molecule has 2 atom stereocenters. The second kappa shape index (κ2) is 5.64. The number of pyridine rings is 1. The van der Waals surface area contributed by atoms with Crippen molar-refractivity contribution in [2.24, 2.45) is 5.92 Å². The Morgan fingerprint density at radius 3 is 2.52 bits per heavy atom. The largest absolute Gasteiger partial charge is 0.391 e. The van der Waals surface area contributed by atoms with Crippen LogP contribution in [0, 0.1) is 5.92 Å². The van der Waals surface area contributed by atoms with Gasteiger partial charge < -0.3 is 5.11 Å². The molecule has 5 heteroatoms. The normalized spacial score (nSPS) is 16.7. The van der Waals surface area contributed by atoms with Crippen molar-refractivity contribution in [1.29, 1.82) is 0 Å². The Hall–Kier alpha value is -1.62. The molecule has 114 valence electrons. The monoisotopic (exact) mass is 297 g/mol. The van der Waals surface area contributed by atoms with Crippen molar-refractivity contribution in [1.82, 2.24) is 4.98 Å². The predicted octanol–water partition coefficient (Wildman–Crippen LogP) is 4.12. The van der Waals surface area contributed by atoms with Gasteiger partial charge in [0.15, 0.2) is 0 Å². The van der Waals surface area contributed by atoms with E-state index in [2.05, 4.69) is 4.98 Å². The first-order chi connectivity index (χ1) is 9.69. The molecule has 1 aromatic carbocycles. The second-order valence-electron chi connectivity index (χ2n) is 5.81. The van der Waals surface area contributed by atoms with Crippen LogP contribution in [0.25, 0.3) is 10.9 Å². The van der Waals surface area contributed by atoms with E-state index in [0.717, 1.165) is 23.4 Å². The Balaban J connectivity index is 2.23. The highest BCUT2D eigenvalue weighted by atomic mass is 19.4. The predicted molar refractivity (Wildman–Crippen MR) is 75.9 cm³/mol. The summed E-state index contributed by atoms with van der Waals surface area (Å²) >= 11 is 0. The van der Waals surface area contributed by atoms with E-state index in [1.165, 1.54) is 6.92 Å². The summed E-state index contributed by atoms with van der Waals surface area (Å²) in [6.45, 7) is 2.55. The van der Waals surface area contributed by atoms with Gasteiger partial charge in [0.2, 0.25) is 0 Å². The summed E-state index contributed by atoms with van der Waals surface area (Å²) in [5.74, 6) is -1.54. The molecule has 0 amide bonds. The van der Waals surface area contributed by atoms with Crippen LogP contribution in [-0.4, -0.2) is 21.9 Å². The fourth-order valence-electron chi connectivity index (χ4n) is 2.57. The summed E-state index contributed by atoms with van der Waals surface area (Å²) < 4.78 is 38.0. The molecule has 0 saturated carbocycles. The molecule has 0 saturated heterocycles. The number of hydrogen-bond acceptors (Lipinski definition) is 2. The van der Waals surface area contributed by atoms with E-state index in [1.807, 2.05) is 24.3 Å². The third-order valence-electron chi connectivity index (χ3n) is 3.62.